The standard InChI is InChI=1S/C26H36N2O4/c1-16(29)31-20-11-18-5-6-21-22(26(18,4)24(13-20)32-17(2)30)7-8-25(3)14-19(12-23(21)25)28-10-9-27-15-28/h5,9-10,15,19-24H,6-8,11-14H2,1-4H3/t19-,20+,21+,22-,23-,24+,25+,26-/m0/s1. The van der Waals surface area contributed by atoms with Crippen LogP contribution in [0.1, 0.15) is 78.7 Å². The Morgan fingerprint density at radius 2 is 1.91 bits per heavy atom. The number of esters is 2. The maximum Gasteiger partial charge on any atom is 0.302 e. The number of allylic oxidation sites excluding steroid dienone is 1. The van der Waals surface area contributed by atoms with E-state index in [1.54, 1.807) is 0 Å². The summed E-state index contributed by atoms with van der Waals surface area (Å²) in [4.78, 5) is 28.0. The minimum Gasteiger partial charge on any atom is -0.462 e. The van der Waals surface area contributed by atoms with Crippen LogP contribution in [0, 0.1) is 28.6 Å². The minimum atomic E-state index is -0.264. The SMILES string of the molecule is CC(=O)O[C@@H]1CC2=CC[C@H]3[C@@H]4C[C@H](n5ccnc5)C[C@@]4(C)CC[C@@H]3[C@@]2(C)[C@H](OC(C)=O)C1. The summed E-state index contributed by atoms with van der Waals surface area (Å²) < 4.78 is 13.9. The second-order valence-electron chi connectivity index (χ2n) is 11.2. The van der Waals surface area contributed by atoms with Crippen molar-refractivity contribution in [2.75, 3.05) is 0 Å². The van der Waals surface area contributed by atoms with E-state index in [1.165, 1.54) is 38.7 Å². The fraction of sp³-hybridized carbons (Fsp3) is 0.731. The number of rotatable bonds is 3. The van der Waals surface area contributed by atoms with Gasteiger partial charge in [-0.15, -0.1) is 0 Å². The zero-order chi connectivity index (χ0) is 22.7. The third-order valence-corrected chi connectivity index (χ3v) is 9.46. The zero-order valence-electron chi connectivity index (χ0n) is 19.8. The van der Waals surface area contributed by atoms with Crippen LogP contribution in [0.5, 0.6) is 0 Å². The summed E-state index contributed by atoms with van der Waals surface area (Å²) >= 11 is 0. The van der Waals surface area contributed by atoms with E-state index in [0.29, 0.717) is 35.6 Å². The molecule has 0 aliphatic heterocycles. The molecule has 8 atom stereocenters. The second-order valence-corrected chi connectivity index (χ2v) is 11.2. The van der Waals surface area contributed by atoms with Gasteiger partial charge in [-0.2, -0.15) is 0 Å². The number of aromatic nitrogens is 2. The number of fused-ring (bicyclic) bond motifs is 5. The highest BCUT2D eigenvalue weighted by Gasteiger charge is 2.61. The molecule has 3 saturated carbocycles. The van der Waals surface area contributed by atoms with Gasteiger partial charge in [-0.3, -0.25) is 9.59 Å². The number of ether oxygens (including phenoxy) is 2. The highest BCUT2D eigenvalue weighted by atomic mass is 16.6. The summed E-state index contributed by atoms with van der Waals surface area (Å²) in [5, 5.41) is 0. The monoisotopic (exact) mass is 440 g/mol. The Hall–Kier alpha value is -2.11. The zero-order valence-corrected chi connectivity index (χ0v) is 19.8. The van der Waals surface area contributed by atoms with Crippen molar-refractivity contribution in [3.63, 3.8) is 0 Å². The lowest BCUT2D eigenvalue weighted by atomic mass is 9.47. The second kappa shape index (κ2) is 7.74. The third-order valence-electron chi connectivity index (χ3n) is 9.46. The van der Waals surface area contributed by atoms with Crippen LogP contribution in [0.15, 0.2) is 30.4 Å². The summed E-state index contributed by atoms with van der Waals surface area (Å²) in [7, 11) is 0. The first-order valence-electron chi connectivity index (χ1n) is 12.2. The van der Waals surface area contributed by atoms with Gasteiger partial charge in [0.05, 0.1) is 6.33 Å². The molecule has 3 fully saturated rings. The summed E-state index contributed by atoms with van der Waals surface area (Å²) in [5.74, 6) is 1.23. The molecule has 1 aromatic heterocycles. The lowest BCUT2D eigenvalue weighted by molar-refractivity contribution is -0.171. The molecule has 0 unspecified atom stereocenters. The van der Waals surface area contributed by atoms with Crippen LogP contribution < -0.4 is 0 Å². The molecule has 0 N–H and O–H groups in total. The van der Waals surface area contributed by atoms with Crippen LogP contribution >= 0.6 is 0 Å². The minimum absolute atomic E-state index is 0.181. The molecule has 32 heavy (non-hydrogen) atoms. The summed E-state index contributed by atoms with van der Waals surface area (Å²) in [6, 6.07) is 0.522. The first-order valence-corrected chi connectivity index (χ1v) is 12.2. The molecule has 6 heteroatoms. The smallest absolute Gasteiger partial charge is 0.302 e. The topological polar surface area (TPSA) is 70.4 Å². The van der Waals surface area contributed by atoms with Gasteiger partial charge in [-0.05, 0) is 55.3 Å². The van der Waals surface area contributed by atoms with Crippen molar-refractivity contribution in [2.45, 2.75) is 90.9 Å². The fourth-order valence-corrected chi connectivity index (χ4v) is 8.09. The molecule has 1 aromatic rings. The van der Waals surface area contributed by atoms with Gasteiger partial charge in [-0.25, -0.2) is 4.98 Å². The molecule has 0 amide bonds. The summed E-state index contributed by atoms with van der Waals surface area (Å²) in [6.45, 7) is 7.76. The van der Waals surface area contributed by atoms with Crippen LogP contribution in [0.4, 0.5) is 0 Å². The van der Waals surface area contributed by atoms with Crippen molar-refractivity contribution >= 4 is 11.9 Å². The quantitative estimate of drug-likeness (QED) is 0.496. The molecule has 4 aliphatic carbocycles. The number of nitrogens with zero attached hydrogens (tertiary/aromatic N) is 2. The van der Waals surface area contributed by atoms with Crippen molar-refractivity contribution in [2.24, 2.45) is 28.6 Å². The van der Waals surface area contributed by atoms with Gasteiger partial charge in [0.25, 0.3) is 0 Å². The Kier molecular flexibility index (Phi) is 5.25. The Morgan fingerprint density at radius 3 is 2.59 bits per heavy atom. The first-order chi connectivity index (χ1) is 15.2. The highest BCUT2D eigenvalue weighted by Crippen LogP contribution is 2.66. The van der Waals surface area contributed by atoms with Crippen LogP contribution in [0.25, 0.3) is 0 Å². The number of hydrogen-bond donors (Lipinski definition) is 0. The van der Waals surface area contributed by atoms with Crippen molar-refractivity contribution in [1.82, 2.24) is 9.55 Å². The van der Waals surface area contributed by atoms with Gasteiger partial charge in [0, 0.05) is 50.5 Å². The normalized spacial score (nSPS) is 42.8. The lowest BCUT2D eigenvalue weighted by Gasteiger charge is -2.59. The summed E-state index contributed by atoms with van der Waals surface area (Å²) in [6.07, 6.45) is 15.1. The van der Waals surface area contributed by atoms with Gasteiger partial charge in [-0.1, -0.05) is 25.5 Å². The van der Waals surface area contributed by atoms with Gasteiger partial charge in [0.1, 0.15) is 12.2 Å². The molecule has 4 aliphatic rings. The molecular weight excluding hydrogens is 404 g/mol. The largest absolute Gasteiger partial charge is 0.462 e. The fourth-order valence-electron chi connectivity index (χ4n) is 8.09. The Morgan fingerprint density at radius 1 is 1.12 bits per heavy atom. The van der Waals surface area contributed by atoms with Crippen LogP contribution in [-0.2, 0) is 19.1 Å². The van der Waals surface area contributed by atoms with E-state index < -0.39 is 0 Å². The summed E-state index contributed by atoms with van der Waals surface area (Å²) in [5.41, 5.74) is 1.50. The van der Waals surface area contributed by atoms with E-state index in [9.17, 15) is 9.59 Å². The molecular formula is C26H36N2O4. The highest BCUT2D eigenvalue weighted by molar-refractivity contribution is 5.67. The molecule has 0 saturated heterocycles. The van der Waals surface area contributed by atoms with Crippen molar-refractivity contribution in [3.8, 4) is 0 Å². The molecule has 0 radical (unpaired) electrons. The molecule has 0 spiro atoms. The van der Waals surface area contributed by atoms with Gasteiger partial charge in [0.15, 0.2) is 0 Å². The van der Waals surface area contributed by atoms with Crippen molar-refractivity contribution in [1.29, 1.82) is 0 Å². The lowest BCUT2D eigenvalue weighted by Crippen LogP contribution is -2.56. The van der Waals surface area contributed by atoms with E-state index in [4.69, 9.17) is 9.47 Å². The van der Waals surface area contributed by atoms with Crippen LogP contribution in [0.3, 0.4) is 0 Å². The van der Waals surface area contributed by atoms with Gasteiger partial charge in [0.2, 0.25) is 0 Å². The van der Waals surface area contributed by atoms with E-state index in [-0.39, 0.29) is 29.6 Å². The Balaban J connectivity index is 1.46. The molecule has 1 heterocycles. The molecule has 6 nitrogen and oxygen atoms in total. The molecule has 5 rings (SSSR count). The van der Waals surface area contributed by atoms with Gasteiger partial charge >= 0.3 is 11.9 Å². The Bertz CT molecular complexity index is 924. The van der Waals surface area contributed by atoms with Crippen LogP contribution in [0.2, 0.25) is 0 Å². The molecule has 174 valence electrons. The average molecular weight is 441 g/mol. The number of carbonyl (C=O) groups is 2. The number of carbonyl (C=O) groups excluding carboxylic acids is 2. The maximum atomic E-state index is 12.1. The van der Waals surface area contributed by atoms with E-state index >= 15 is 0 Å². The third kappa shape index (κ3) is 3.41. The molecule has 0 aromatic carbocycles. The van der Waals surface area contributed by atoms with Crippen molar-refractivity contribution in [3.05, 3.63) is 30.4 Å². The van der Waals surface area contributed by atoms with Gasteiger partial charge < -0.3 is 14.0 Å². The van der Waals surface area contributed by atoms with E-state index in [0.717, 1.165) is 19.3 Å². The van der Waals surface area contributed by atoms with E-state index in [2.05, 4.69) is 35.7 Å². The van der Waals surface area contributed by atoms with E-state index in [1.807, 2.05) is 12.5 Å². The number of imidazole rings is 1. The number of hydrogen-bond acceptors (Lipinski definition) is 5. The van der Waals surface area contributed by atoms with Crippen LogP contribution in [-0.4, -0.2) is 33.7 Å². The van der Waals surface area contributed by atoms with Crippen molar-refractivity contribution < 1.29 is 19.1 Å². The first kappa shape index (κ1) is 21.7. The maximum absolute atomic E-state index is 12.1. The average Bonchev–Trinajstić information content (AvgIpc) is 3.35. The predicted octanol–water partition coefficient (Wildman–Crippen LogP) is 4.86. The predicted molar refractivity (Wildman–Crippen MR) is 119 cm³/mol. The Labute approximate surface area is 190 Å². The molecule has 0 bridgehead atoms.